The van der Waals surface area contributed by atoms with E-state index in [-0.39, 0.29) is 18.2 Å². The SMILES string of the molecule is CCCNCCNC(=O)c1ccc(S(N)(=O)=O)o1.Cl. The Bertz CT molecular complexity index is 501. The highest BCUT2D eigenvalue weighted by Gasteiger charge is 2.16. The van der Waals surface area contributed by atoms with E-state index in [0.717, 1.165) is 19.0 Å². The molecule has 0 aromatic carbocycles. The van der Waals surface area contributed by atoms with Crippen molar-refractivity contribution in [2.45, 2.75) is 18.4 Å². The first-order chi connectivity index (χ1) is 8.45. The van der Waals surface area contributed by atoms with E-state index in [1.807, 2.05) is 6.92 Å². The predicted molar refractivity (Wildman–Crippen MR) is 72.8 cm³/mol. The predicted octanol–water partition coefficient (Wildman–Crippen LogP) is 0.0782. The molecule has 0 aliphatic heterocycles. The topological polar surface area (TPSA) is 114 Å². The maximum atomic E-state index is 11.5. The van der Waals surface area contributed by atoms with E-state index in [0.29, 0.717) is 13.1 Å². The first-order valence-corrected chi connectivity index (χ1v) is 7.11. The summed E-state index contributed by atoms with van der Waals surface area (Å²) in [5.74, 6) is -0.544. The van der Waals surface area contributed by atoms with Crippen LogP contribution in [0, 0.1) is 0 Å². The zero-order valence-corrected chi connectivity index (χ0v) is 12.1. The fraction of sp³-hybridized carbons (Fsp3) is 0.500. The molecule has 0 saturated heterocycles. The van der Waals surface area contributed by atoms with Crippen LogP contribution in [0.3, 0.4) is 0 Å². The van der Waals surface area contributed by atoms with Crippen LogP contribution in [0.4, 0.5) is 0 Å². The van der Waals surface area contributed by atoms with E-state index < -0.39 is 21.0 Å². The molecule has 19 heavy (non-hydrogen) atoms. The Labute approximate surface area is 118 Å². The number of sulfonamides is 1. The number of carbonyl (C=O) groups excluding carboxylic acids is 1. The van der Waals surface area contributed by atoms with Crippen LogP contribution < -0.4 is 15.8 Å². The van der Waals surface area contributed by atoms with E-state index in [9.17, 15) is 13.2 Å². The molecule has 1 amide bonds. The highest BCUT2D eigenvalue weighted by molar-refractivity contribution is 7.89. The van der Waals surface area contributed by atoms with Gasteiger partial charge in [0, 0.05) is 13.1 Å². The highest BCUT2D eigenvalue weighted by atomic mass is 35.5. The minimum absolute atomic E-state index is 0. The Kier molecular flexibility index (Phi) is 7.69. The summed E-state index contributed by atoms with van der Waals surface area (Å²) in [6.45, 7) is 4.00. The fourth-order valence-corrected chi connectivity index (χ4v) is 1.71. The number of furan rings is 1. The molecule has 1 rings (SSSR count). The molecule has 0 bridgehead atoms. The maximum absolute atomic E-state index is 11.5. The molecule has 0 aliphatic carbocycles. The molecule has 1 heterocycles. The van der Waals surface area contributed by atoms with Crippen molar-refractivity contribution >= 4 is 28.3 Å². The van der Waals surface area contributed by atoms with Crippen molar-refractivity contribution in [3.05, 3.63) is 17.9 Å². The molecule has 1 aromatic rings. The average Bonchev–Trinajstić information content (AvgIpc) is 2.77. The van der Waals surface area contributed by atoms with Gasteiger partial charge in [-0.1, -0.05) is 6.92 Å². The average molecular weight is 312 g/mol. The number of hydrogen-bond donors (Lipinski definition) is 3. The number of nitrogens with two attached hydrogens (primary N) is 1. The number of hydrogen-bond acceptors (Lipinski definition) is 5. The van der Waals surface area contributed by atoms with Crippen molar-refractivity contribution in [2.24, 2.45) is 5.14 Å². The van der Waals surface area contributed by atoms with Gasteiger partial charge in [-0.05, 0) is 25.1 Å². The molecule has 110 valence electrons. The minimum atomic E-state index is -3.91. The molecule has 0 unspecified atom stereocenters. The van der Waals surface area contributed by atoms with Gasteiger partial charge in [-0.25, -0.2) is 13.6 Å². The van der Waals surface area contributed by atoms with E-state index in [1.165, 1.54) is 6.07 Å². The lowest BCUT2D eigenvalue weighted by molar-refractivity contribution is 0.0921. The van der Waals surface area contributed by atoms with Crippen molar-refractivity contribution in [3.63, 3.8) is 0 Å². The quantitative estimate of drug-likeness (QED) is 0.617. The lowest BCUT2D eigenvalue weighted by atomic mass is 10.4. The van der Waals surface area contributed by atoms with Crippen LogP contribution in [0.5, 0.6) is 0 Å². The number of amides is 1. The molecular weight excluding hydrogens is 294 g/mol. The Morgan fingerprint density at radius 3 is 2.53 bits per heavy atom. The first-order valence-electron chi connectivity index (χ1n) is 5.56. The van der Waals surface area contributed by atoms with Crippen molar-refractivity contribution in [3.8, 4) is 0 Å². The third-order valence-electron chi connectivity index (χ3n) is 2.10. The number of primary sulfonamides is 1. The number of rotatable bonds is 7. The number of halogens is 1. The second-order valence-electron chi connectivity index (χ2n) is 3.67. The number of carbonyl (C=O) groups is 1. The van der Waals surface area contributed by atoms with Crippen LogP contribution in [0.25, 0.3) is 0 Å². The molecule has 0 saturated carbocycles. The Morgan fingerprint density at radius 2 is 2.00 bits per heavy atom. The smallest absolute Gasteiger partial charge is 0.287 e. The minimum Gasteiger partial charge on any atom is -0.438 e. The molecule has 0 radical (unpaired) electrons. The first kappa shape index (κ1) is 17.9. The Hall–Kier alpha value is -1.09. The third kappa shape index (κ3) is 6.06. The van der Waals surface area contributed by atoms with E-state index >= 15 is 0 Å². The van der Waals surface area contributed by atoms with Gasteiger partial charge in [0.15, 0.2) is 5.76 Å². The lowest BCUT2D eigenvalue weighted by Crippen LogP contribution is -2.31. The molecule has 0 spiro atoms. The standard InChI is InChI=1S/C10H17N3O4S.ClH/c1-2-5-12-6-7-13-10(14)8-3-4-9(17-8)18(11,15)16;/h3-4,12H,2,5-7H2,1H3,(H,13,14)(H2,11,15,16);1H. The van der Waals surface area contributed by atoms with Gasteiger partial charge in [0.1, 0.15) is 0 Å². The summed E-state index contributed by atoms with van der Waals surface area (Å²) in [4.78, 5) is 11.5. The second kappa shape index (κ2) is 8.16. The summed E-state index contributed by atoms with van der Waals surface area (Å²) < 4.78 is 26.7. The molecule has 7 nitrogen and oxygen atoms in total. The van der Waals surface area contributed by atoms with Crippen LogP contribution in [-0.4, -0.2) is 34.0 Å². The van der Waals surface area contributed by atoms with Crippen LogP contribution in [0.2, 0.25) is 0 Å². The monoisotopic (exact) mass is 311 g/mol. The molecule has 1 aromatic heterocycles. The molecule has 0 aliphatic rings. The lowest BCUT2D eigenvalue weighted by Gasteiger charge is -2.04. The molecule has 0 atom stereocenters. The van der Waals surface area contributed by atoms with Gasteiger partial charge in [-0.3, -0.25) is 4.79 Å². The largest absolute Gasteiger partial charge is 0.438 e. The molecule has 9 heteroatoms. The summed E-state index contributed by atoms with van der Waals surface area (Å²) in [7, 11) is -3.91. The second-order valence-corrected chi connectivity index (χ2v) is 5.16. The molecule has 4 N–H and O–H groups in total. The summed E-state index contributed by atoms with van der Waals surface area (Å²) in [5.41, 5.74) is 0. The van der Waals surface area contributed by atoms with Crippen molar-refractivity contribution < 1.29 is 17.6 Å². The molecular formula is C10H18ClN3O4S. The van der Waals surface area contributed by atoms with Crippen molar-refractivity contribution in [2.75, 3.05) is 19.6 Å². The van der Waals surface area contributed by atoms with E-state index in [2.05, 4.69) is 10.6 Å². The Balaban J connectivity index is 0.00000324. The van der Waals surface area contributed by atoms with Gasteiger partial charge < -0.3 is 15.1 Å². The van der Waals surface area contributed by atoms with Gasteiger partial charge in [-0.2, -0.15) is 0 Å². The van der Waals surface area contributed by atoms with Crippen molar-refractivity contribution in [1.82, 2.24) is 10.6 Å². The van der Waals surface area contributed by atoms with Crippen LogP contribution in [0.15, 0.2) is 21.6 Å². The normalized spacial score (nSPS) is 10.8. The number of nitrogens with one attached hydrogen (secondary N) is 2. The zero-order chi connectivity index (χ0) is 13.6. The van der Waals surface area contributed by atoms with Gasteiger partial charge in [0.2, 0.25) is 5.09 Å². The molecule has 0 fully saturated rings. The summed E-state index contributed by atoms with van der Waals surface area (Å²) >= 11 is 0. The Morgan fingerprint density at radius 1 is 1.32 bits per heavy atom. The summed E-state index contributed by atoms with van der Waals surface area (Å²) in [6, 6.07) is 2.42. The maximum Gasteiger partial charge on any atom is 0.287 e. The summed E-state index contributed by atoms with van der Waals surface area (Å²) in [5, 5.41) is 10.1. The van der Waals surface area contributed by atoms with Crippen molar-refractivity contribution in [1.29, 1.82) is 0 Å². The van der Waals surface area contributed by atoms with Crippen LogP contribution >= 0.6 is 12.4 Å². The van der Waals surface area contributed by atoms with Gasteiger partial charge in [-0.15, -0.1) is 12.4 Å². The third-order valence-corrected chi connectivity index (χ3v) is 2.88. The fourth-order valence-electron chi connectivity index (χ4n) is 1.25. The van der Waals surface area contributed by atoms with Gasteiger partial charge in [0.05, 0.1) is 0 Å². The van der Waals surface area contributed by atoms with Crippen LogP contribution in [-0.2, 0) is 10.0 Å². The highest BCUT2D eigenvalue weighted by Crippen LogP contribution is 2.11. The van der Waals surface area contributed by atoms with Crippen LogP contribution in [0.1, 0.15) is 23.9 Å². The zero-order valence-electron chi connectivity index (χ0n) is 10.5. The van der Waals surface area contributed by atoms with Gasteiger partial charge >= 0.3 is 0 Å². The summed E-state index contributed by atoms with van der Waals surface area (Å²) in [6.07, 6.45) is 1.02. The van der Waals surface area contributed by atoms with E-state index in [4.69, 9.17) is 9.56 Å². The van der Waals surface area contributed by atoms with Gasteiger partial charge in [0.25, 0.3) is 15.9 Å². The van der Waals surface area contributed by atoms with E-state index in [1.54, 1.807) is 0 Å².